The smallest absolute Gasteiger partial charge is 0.274 e. The molecule has 5 nitrogen and oxygen atoms in total. The molecule has 0 aliphatic carbocycles. The second kappa shape index (κ2) is 5.81. The zero-order valence-corrected chi connectivity index (χ0v) is 12.1. The molecule has 1 aromatic heterocycles. The fourth-order valence-corrected chi connectivity index (χ4v) is 2.69. The van der Waals surface area contributed by atoms with E-state index >= 15 is 0 Å². The standard InChI is InChI=1S/C16H16FN3O2/c1-10-7-19-14(8-18-10)16(22)20-9-13(21)6-15(20)11-2-4-12(17)5-3-11/h2-5,7-8,13,15,21H,6,9H2,1H3/t13-,15-/m0/s1. The van der Waals surface area contributed by atoms with Crippen LogP contribution in [-0.4, -0.2) is 38.5 Å². The Morgan fingerprint density at radius 2 is 2.00 bits per heavy atom. The van der Waals surface area contributed by atoms with E-state index in [1.54, 1.807) is 24.0 Å². The van der Waals surface area contributed by atoms with E-state index in [-0.39, 0.29) is 30.0 Å². The van der Waals surface area contributed by atoms with Crippen LogP contribution in [0.25, 0.3) is 0 Å². The summed E-state index contributed by atoms with van der Waals surface area (Å²) in [6.45, 7) is 2.03. The van der Waals surface area contributed by atoms with Crippen LogP contribution in [-0.2, 0) is 0 Å². The number of aliphatic hydroxyl groups is 1. The summed E-state index contributed by atoms with van der Waals surface area (Å²) in [5.74, 6) is -0.608. The van der Waals surface area contributed by atoms with Gasteiger partial charge in [-0.3, -0.25) is 9.78 Å². The fourth-order valence-electron chi connectivity index (χ4n) is 2.69. The van der Waals surface area contributed by atoms with Crippen molar-refractivity contribution in [1.29, 1.82) is 0 Å². The van der Waals surface area contributed by atoms with Crippen LogP contribution in [0.15, 0.2) is 36.7 Å². The van der Waals surface area contributed by atoms with Gasteiger partial charge in [-0.1, -0.05) is 12.1 Å². The maximum Gasteiger partial charge on any atom is 0.274 e. The van der Waals surface area contributed by atoms with Gasteiger partial charge in [-0.15, -0.1) is 0 Å². The SMILES string of the molecule is Cc1cnc(C(=O)N2C[C@@H](O)C[C@H]2c2ccc(F)cc2)cn1. The summed E-state index contributed by atoms with van der Waals surface area (Å²) in [6.07, 6.45) is 2.80. The Morgan fingerprint density at radius 1 is 1.27 bits per heavy atom. The molecule has 0 radical (unpaired) electrons. The van der Waals surface area contributed by atoms with Gasteiger partial charge in [0.2, 0.25) is 0 Å². The molecule has 1 saturated heterocycles. The molecule has 1 N–H and O–H groups in total. The van der Waals surface area contributed by atoms with Crippen molar-refractivity contribution in [3.05, 3.63) is 59.4 Å². The average molecular weight is 301 g/mol. The second-order valence-electron chi connectivity index (χ2n) is 5.46. The minimum Gasteiger partial charge on any atom is -0.391 e. The molecule has 0 spiro atoms. The van der Waals surface area contributed by atoms with E-state index in [2.05, 4.69) is 9.97 Å². The lowest BCUT2D eigenvalue weighted by atomic mass is 10.0. The van der Waals surface area contributed by atoms with Crippen LogP contribution in [0.1, 0.15) is 34.2 Å². The molecule has 1 fully saturated rings. The highest BCUT2D eigenvalue weighted by Gasteiger charge is 2.36. The highest BCUT2D eigenvalue weighted by Crippen LogP contribution is 2.33. The van der Waals surface area contributed by atoms with Crippen molar-refractivity contribution in [1.82, 2.24) is 14.9 Å². The van der Waals surface area contributed by atoms with E-state index in [9.17, 15) is 14.3 Å². The molecule has 2 aromatic rings. The number of halogens is 1. The minimum absolute atomic E-state index is 0.233. The van der Waals surface area contributed by atoms with Crippen molar-refractivity contribution in [2.75, 3.05) is 6.54 Å². The lowest BCUT2D eigenvalue weighted by molar-refractivity contribution is 0.0709. The van der Waals surface area contributed by atoms with Crippen molar-refractivity contribution in [3.8, 4) is 0 Å². The number of benzene rings is 1. The first-order chi connectivity index (χ1) is 10.5. The van der Waals surface area contributed by atoms with Gasteiger partial charge in [-0.05, 0) is 31.0 Å². The first kappa shape index (κ1) is 14.6. The molecule has 2 atom stereocenters. The molecule has 1 aliphatic rings. The Kier molecular flexibility index (Phi) is 3.85. The van der Waals surface area contributed by atoms with Gasteiger partial charge >= 0.3 is 0 Å². The molecule has 3 rings (SSSR count). The Balaban J connectivity index is 1.88. The average Bonchev–Trinajstić information content (AvgIpc) is 2.90. The lowest BCUT2D eigenvalue weighted by Gasteiger charge is -2.24. The summed E-state index contributed by atoms with van der Waals surface area (Å²) in [7, 11) is 0. The van der Waals surface area contributed by atoms with Gasteiger partial charge in [-0.25, -0.2) is 9.37 Å². The fraction of sp³-hybridized carbons (Fsp3) is 0.312. The Labute approximate surface area is 127 Å². The maximum absolute atomic E-state index is 13.1. The van der Waals surface area contributed by atoms with Gasteiger partial charge in [0.25, 0.3) is 5.91 Å². The van der Waals surface area contributed by atoms with Crippen LogP contribution in [0, 0.1) is 12.7 Å². The van der Waals surface area contributed by atoms with Crippen LogP contribution < -0.4 is 0 Å². The Morgan fingerprint density at radius 3 is 2.64 bits per heavy atom. The van der Waals surface area contributed by atoms with Crippen LogP contribution in [0.4, 0.5) is 4.39 Å². The number of hydrogen-bond donors (Lipinski definition) is 1. The number of aromatic nitrogens is 2. The third-order valence-electron chi connectivity index (χ3n) is 3.79. The predicted molar refractivity (Wildman–Crippen MR) is 77.6 cm³/mol. The molecule has 22 heavy (non-hydrogen) atoms. The summed E-state index contributed by atoms with van der Waals surface area (Å²) < 4.78 is 13.1. The van der Waals surface area contributed by atoms with E-state index < -0.39 is 6.10 Å². The monoisotopic (exact) mass is 301 g/mol. The third-order valence-corrected chi connectivity index (χ3v) is 3.79. The van der Waals surface area contributed by atoms with E-state index in [4.69, 9.17) is 0 Å². The van der Waals surface area contributed by atoms with Crippen molar-refractivity contribution in [3.63, 3.8) is 0 Å². The third kappa shape index (κ3) is 2.82. The summed E-state index contributed by atoms with van der Waals surface area (Å²) in [5, 5.41) is 9.92. The summed E-state index contributed by atoms with van der Waals surface area (Å²) >= 11 is 0. The number of carbonyl (C=O) groups is 1. The number of hydrogen-bond acceptors (Lipinski definition) is 4. The van der Waals surface area contributed by atoms with E-state index in [0.29, 0.717) is 6.42 Å². The summed E-state index contributed by atoms with van der Waals surface area (Å²) in [4.78, 5) is 22.3. The molecule has 1 aliphatic heterocycles. The van der Waals surface area contributed by atoms with Crippen LogP contribution in [0.5, 0.6) is 0 Å². The molecule has 0 saturated carbocycles. The number of amides is 1. The number of aliphatic hydroxyl groups excluding tert-OH is 1. The molecular formula is C16H16FN3O2. The zero-order valence-electron chi connectivity index (χ0n) is 12.1. The van der Waals surface area contributed by atoms with Gasteiger partial charge in [0, 0.05) is 12.7 Å². The molecule has 2 heterocycles. The number of nitrogens with zero attached hydrogens (tertiary/aromatic N) is 3. The number of aryl methyl sites for hydroxylation is 1. The first-order valence-electron chi connectivity index (χ1n) is 7.08. The molecular weight excluding hydrogens is 285 g/mol. The Bertz CT molecular complexity index is 673. The van der Waals surface area contributed by atoms with Crippen LogP contribution >= 0.6 is 0 Å². The molecule has 0 unspecified atom stereocenters. The highest BCUT2D eigenvalue weighted by atomic mass is 19.1. The van der Waals surface area contributed by atoms with Gasteiger partial charge in [0.05, 0.1) is 24.0 Å². The zero-order chi connectivity index (χ0) is 15.7. The van der Waals surface area contributed by atoms with E-state index in [0.717, 1.165) is 11.3 Å². The number of rotatable bonds is 2. The number of likely N-dealkylation sites (tertiary alicyclic amines) is 1. The maximum atomic E-state index is 13.1. The quantitative estimate of drug-likeness (QED) is 0.919. The minimum atomic E-state index is -0.600. The van der Waals surface area contributed by atoms with Gasteiger partial charge in [0.15, 0.2) is 0 Å². The lowest BCUT2D eigenvalue weighted by Crippen LogP contribution is -2.32. The van der Waals surface area contributed by atoms with Gasteiger partial charge in [-0.2, -0.15) is 0 Å². The van der Waals surface area contributed by atoms with Crippen molar-refractivity contribution in [2.45, 2.75) is 25.5 Å². The molecule has 114 valence electrons. The van der Waals surface area contributed by atoms with Gasteiger partial charge < -0.3 is 10.0 Å². The molecule has 0 bridgehead atoms. The highest BCUT2D eigenvalue weighted by molar-refractivity contribution is 5.92. The van der Waals surface area contributed by atoms with Crippen molar-refractivity contribution < 1.29 is 14.3 Å². The van der Waals surface area contributed by atoms with E-state index in [1.165, 1.54) is 24.5 Å². The van der Waals surface area contributed by atoms with Crippen molar-refractivity contribution >= 4 is 5.91 Å². The molecule has 6 heteroatoms. The molecule has 1 amide bonds. The Hall–Kier alpha value is -2.34. The van der Waals surface area contributed by atoms with Gasteiger partial charge in [0.1, 0.15) is 11.5 Å². The normalized spacial score (nSPS) is 21.1. The summed E-state index contributed by atoms with van der Waals surface area (Å²) in [6, 6.07) is 5.70. The summed E-state index contributed by atoms with van der Waals surface area (Å²) in [5.41, 5.74) is 1.77. The van der Waals surface area contributed by atoms with E-state index in [1.807, 2.05) is 0 Å². The topological polar surface area (TPSA) is 66.3 Å². The van der Waals surface area contributed by atoms with Crippen LogP contribution in [0.3, 0.4) is 0 Å². The largest absolute Gasteiger partial charge is 0.391 e. The van der Waals surface area contributed by atoms with Crippen molar-refractivity contribution in [2.24, 2.45) is 0 Å². The van der Waals surface area contributed by atoms with Crippen LogP contribution in [0.2, 0.25) is 0 Å². The second-order valence-corrected chi connectivity index (χ2v) is 5.46. The first-order valence-corrected chi connectivity index (χ1v) is 7.08. The number of β-amino-alcohol motifs (C(OH)–C–C–N with tert-alkyl or cyclic N) is 1. The predicted octanol–water partition coefficient (Wildman–Crippen LogP) is 1.87. The number of carbonyl (C=O) groups excluding carboxylic acids is 1. The molecule has 1 aromatic carbocycles.